The van der Waals surface area contributed by atoms with Crippen molar-refractivity contribution in [2.45, 2.75) is 53.5 Å². The first-order valence-electron chi connectivity index (χ1n) is 6.27. The fraction of sp³-hybridized carbons (Fsp3) is 0.846. The average molecular weight is 258 g/mol. The van der Waals surface area contributed by atoms with Gasteiger partial charge in [0.25, 0.3) is 0 Å². The van der Waals surface area contributed by atoms with Gasteiger partial charge in [-0.3, -0.25) is 4.79 Å². The zero-order chi connectivity index (χ0) is 14.6. The number of carboxylic acid groups (broad SMARTS) is 1. The minimum Gasteiger partial charge on any atom is -0.480 e. The number of hydrogen-bond donors (Lipinski definition) is 2. The van der Waals surface area contributed by atoms with Crippen molar-refractivity contribution in [1.82, 2.24) is 10.2 Å². The highest BCUT2D eigenvalue weighted by atomic mass is 16.4. The summed E-state index contributed by atoms with van der Waals surface area (Å²) in [6, 6.07) is -0.327. The van der Waals surface area contributed by atoms with Crippen molar-refractivity contribution >= 4 is 12.0 Å². The topological polar surface area (TPSA) is 69.6 Å². The monoisotopic (exact) mass is 258 g/mol. The van der Waals surface area contributed by atoms with Crippen molar-refractivity contribution in [3.63, 3.8) is 0 Å². The number of carbonyl (C=O) groups is 2. The van der Waals surface area contributed by atoms with Gasteiger partial charge in [0.05, 0.1) is 0 Å². The molecule has 0 rings (SSSR count). The van der Waals surface area contributed by atoms with Gasteiger partial charge < -0.3 is 15.3 Å². The molecule has 2 amide bonds. The zero-order valence-electron chi connectivity index (χ0n) is 12.3. The van der Waals surface area contributed by atoms with Gasteiger partial charge in [0.15, 0.2) is 0 Å². The fourth-order valence-corrected chi connectivity index (χ4v) is 1.28. The van der Waals surface area contributed by atoms with Crippen LogP contribution in [-0.4, -0.2) is 40.6 Å². The van der Waals surface area contributed by atoms with E-state index in [2.05, 4.69) is 26.1 Å². The van der Waals surface area contributed by atoms with Crippen LogP contribution >= 0.6 is 0 Å². The van der Waals surface area contributed by atoms with E-state index in [1.165, 1.54) is 4.90 Å². The Morgan fingerprint density at radius 3 is 2.00 bits per heavy atom. The second kappa shape index (κ2) is 6.07. The predicted octanol–water partition coefficient (Wildman–Crippen LogP) is 2.32. The van der Waals surface area contributed by atoms with E-state index in [4.69, 9.17) is 5.11 Å². The molecule has 106 valence electrons. The molecule has 0 unspecified atom stereocenters. The number of carbonyl (C=O) groups excluding carboxylic acids is 1. The van der Waals surface area contributed by atoms with Gasteiger partial charge in [0, 0.05) is 12.1 Å². The highest BCUT2D eigenvalue weighted by Crippen LogP contribution is 2.19. The maximum Gasteiger partial charge on any atom is 0.323 e. The molecule has 0 aromatic carbocycles. The van der Waals surface area contributed by atoms with Crippen molar-refractivity contribution in [2.24, 2.45) is 5.41 Å². The van der Waals surface area contributed by atoms with Gasteiger partial charge in [0.1, 0.15) is 6.54 Å². The van der Waals surface area contributed by atoms with Crippen LogP contribution in [0.15, 0.2) is 0 Å². The lowest BCUT2D eigenvalue weighted by atomic mass is 9.90. The van der Waals surface area contributed by atoms with Crippen LogP contribution < -0.4 is 5.32 Å². The highest BCUT2D eigenvalue weighted by Gasteiger charge is 2.29. The van der Waals surface area contributed by atoms with Crippen LogP contribution in [0, 0.1) is 5.41 Å². The van der Waals surface area contributed by atoms with Crippen LogP contribution in [-0.2, 0) is 4.79 Å². The van der Waals surface area contributed by atoms with Gasteiger partial charge in [-0.1, -0.05) is 20.8 Å². The van der Waals surface area contributed by atoms with E-state index in [-0.39, 0.29) is 18.0 Å². The summed E-state index contributed by atoms with van der Waals surface area (Å²) in [5.74, 6) is -1.00. The Bertz CT molecular complexity index is 306. The SMILES string of the molecule is CCC(C)(C)CNC(=O)N(CC(=O)O)C(C)(C)C. The van der Waals surface area contributed by atoms with E-state index in [1.54, 1.807) is 0 Å². The summed E-state index contributed by atoms with van der Waals surface area (Å²) < 4.78 is 0. The number of nitrogens with zero attached hydrogens (tertiary/aromatic N) is 1. The Hall–Kier alpha value is -1.26. The van der Waals surface area contributed by atoms with Gasteiger partial charge in [-0.2, -0.15) is 0 Å². The molecule has 0 bridgehead atoms. The Labute approximate surface area is 110 Å². The Morgan fingerprint density at radius 1 is 1.17 bits per heavy atom. The van der Waals surface area contributed by atoms with Crippen LogP contribution in [0.25, 0.3) is 0 Å². The number of rotatable bonds is 5. The highest BCUT2D eigenvalue weighted by molar-refractivity contribution is 5.80. The van der Waals surface area contributed by atoms with Gasteiger partial charge in [-0.05, 0) is 32.6 Å². The second-order valence-corrected chi connectivity index (χ2v) is 6.33. The molecule has 0 aromatic rings. The molecule has 0 atom stereocenters. The van der Waals surface area contributed by atoms with E-state index in [0.29, 0.717) is 6.54 Å². The Balaban J connectivity index is 4.64. The van der Waals surface area contributed by atoms with E-state index < -0.39 is 11.5 Å². The molecule has 0 saturated carbocycles. The number of urea groups is 1. The molecule has 18 heavy (non-hydrogen) atoms. The summed E-state index contributed by atoms with van der Waals surface area (Å²) in [4.78, 5) is 24.2. The summed E-state index contributed by atoms with van der Waals surface area (Å²) in [5, 5.41) is 11.7. The number of amides is 2. The standard InChI is InChI=1S/C13H26N2O3/c1-7-13(5,6)9-14-11(18)15(8-10(16)17)12(2,3)4/h7-9H2,1-6H3,(H,14,18)(H,16,17). The minimum atomic E-state index is -1.00. The molecule has 5 nitrogen and oxygen atoms in total. The lowest BCUT2D eigenvalue weighted by Gasteiger charge is -2.35. The molecule has 5 heteroatoms. The average Bonchev–Trinajstić information content (AvgIpc) is 2.21. The molecule has 0 aliphatic rings. The lowest BCUT2D eigenvalue weighted by molar-refractivity contribution is -0.138. The molecule has 2 N–H and O–H groups in total. The van der Waals surface area contributed by atoms with E-state index in [9.17, 15) is 9.59 Å². The summed E-state index contributed by atoms with van der Waals surface area (Å²) in [5.41, 5.74) is -0.499. The molecule has 0 saturated heterocycles. The first-order chi connectivity index (χ1) is 7.99. The molecule has 0 fully saturated rings. The Morgan fingerprint density at radius 2 is 1.67 bits per heavy atom. The van der Waals surface area contributed by atoms with E-state index in [1.807, 2.05) is 20.8 Å². The summed E-state index contributed by atoms with van der Waals surface area (Å²) >= 11 is 0. The second-order valence-electron chi connectivity index (χ2n) is 6.33. The zero-order valence-corrected chi connectivity index (χ0v) is 12.3. The van der Waals surface area contributed by atoms with Gasteiger partial charge in [-0.15, -0.1) is 0 Å². The lowest BCUT2D eigenvalue weighted by Crippen LogP contribution is -2.53. The van der Waals surface area contributed by atoms with Crippen molar-refractivity contribution in [1.29, 1.82) is 0 Å². The van der Waals surface area contributed by atoms with Crippen molar-refractivity contribution in [3.8, 4) is 0 Å². The quantitative estimate of drug-likeness (QED) is 0.795. The van der Waals surface area contributed by atoms with Crippen molar-refractivity contribution in [2.75, 3.05) is 13.1 Å². The van der Waals surface area contributed by atoms with Crippen LogP contribution in [0.3, 0.4) is 0 Å². The molecule has 0 aromatic heterocycles. The molecular formula is C13H26N2O3. The van der Waals surface area contributed by atoms with Crippen LogP contribution in [0.4, 0.5) is 4.79 Å². The number of nitrogens with one attached hydrogen (secondary N) is 1. The van der Waals surface area contributed by atoms with Crippen molar-refractivity contribution < 1.29 is 14.7 Å². The van der Waals surface area contributed by atoms with Crippen LogP contribution in [0.2, 0.25) is 0 Å². The molecule has 0 heterocycles. The first-order valence-corrected chi connectivity index (χ1v) is 6.27. The number of hydrogen-bond acceptors (Lipinski definition) is 2. The van der Waals surface area contributed by atoms with E-state index >= 15 is 0 Å². The number of aliphatic carboxylic acids is 1. The third-order valence-electron chi connectivity index (χ3n) is 3.02. The molecule has 0 radical (unpaired) electrons. The normalized spacial score (nSPS) is 12.1. The molecule has 0 aliphatic heterocycles. The molecule has 0 spiro atoms. The minimum absolute atomic E-state index is 0.0163. The van der Waals surface area contributed by atoms with Gasteiger partial charge in [-0.25, -0.2) is 4.79 Å². The molecular weight excluding hydrogens is 232 g/mol. The van der Waals surface area contributed by atoms with Gasteiger partial charge >= 0.3 is 12.0 Å². The van der Waals surface area contributed by atoms with Crippen LogP contribution in [0.5, 0.6) is 0 Å². The smallest absolute Gasteiger partial charge is 0.323 e. The van der Waals surface area contributed by atoms with Crippen LogP contribution in [0.1, 0.15) is 48.0 Å². The van der Waals surface area contributed by atoms with Crippen molar-refractivity contribution in [3.05, 3.63) is 0 Å². The summed E-state index contributed by atoms with van der Waals surface area (Å²) in [7, 11) is 0. The third-order valence-corrected chi connectivity index (χ3v) is 3.02. The summed E-state index contributed by atoms with van der Waals surface area (Å²) in [6.45, 7) is 11.9. The Kier molecular flexibility index (Phi) is 5.64. The fourth-order valence-electron chi connectivity index (χ4n) is 1.28. The third kappa shape index (κ3) is 5.89. The van der Waals surface area contributed by atoms with E-state index in [0.717, 1.165) is 6.42 Å². The maximum absolute atomic E-state index is 12.0. The first kappa shape index (κ1) is 16.7. The maximum atomic E-state index is 12.0. The predicted molar refractivity (Wildman–Crippen MR) is 71.6 cm³/mol. The number of carboxylic acids is 1. The van der Waals surface area contributed by atoms with Gasteiger partial charge in [0.2, 0.25) is 0 Å². The largest absolute Gasteiger partial charge is 0.480 e. The molecule has 0 aliphatic carbocycles. The summed E-state index contributed by atoms with van der Waals surface area (Å²) in [6.07, 6.45) is 0.946.